The van der Waals surface area contributed by atoms with Crippen molar-refractivity contribution in [3.05, 3.63) is 72.1 Å². The molecular formula is C19H19N3O3. The van der Waals surface area contributed by atoms with Crippen LogP contribution in [-0.2, 0) is 0 Å². The van der Waals surface area contributed by atoms with Crippen LogP contribution in [0.2, 0.25) is 0 Å². The van der Waals surface area contributed by atoms with Crippen LogP contribution in [0.4, 0.5) is 0 Å². The van der Waals surface area contributed by atoms with Crippen LogP contribution >= 0.6 is 0 Å². The van der Waals surface area contributed by atoms with Crippen LogP contribution in [0.5, 0.6) is 11.5 Å². The maximum atomic E-state index is 12.2. The van der Waals surface area contributed by atoms with Gasteiger partial charge in [0, 0.05) is 0 Å². The molecule has 0 saturated heterocycles. The summed E-state index contributed by atoms with van der Waals surface area (Å²) in [5, 5.41) is 16.8. The van der Waals surface area contributed by atoms with Gasteiger partial charge in [-0.25, -0.2) is 4.68 Å². The van der Waals surface area contributed by atoms with E-state index in [0.29, 0.717) is 13.2 Å². The Bertz CT molecular complexity index is 859. The fourth-order valence-corrected chi connectivity index (χ4v) is 2.36. The lowest BCUT2D eigenvalue weighted by molar-refractivity contribution is 0.0939. The molecule has 0 radical (unpaired) electrons. The Kier molecular flexibility index (Phi) is 4.99. The van der Waals surface area contributed by atoms with E-state index < -0.39 is 5.91 Å². The molecule has 0 aliphatic rings. The number of para-hydroxylation sites is 1. The first-order chi connectivity index (χ1) is 12.1. The van der Waals surface area contributed by atoms with Crippen molar-refractivity contribution >= 4 is 5.91 Å². The van der Waals surface area contributed by atoms with Crippen molar-refractivity contribution in [3.63, 3.8) is 0 Å². The number of amides is 1. The highest BCUT2D eigenvalue weighted by Crippen LogP contribution is 2.18. The zero-order valence-corrected chi connectivity index (χ0v) is 13.8. The second-order valence-corrected chi connectivity index (χ2v) is 5.56. The highest BCUT2D eigenvalue weighted by atomic mass is 16.5. The molecule has 0 bridgehead atoms. The van der Waals surface area contributed by atoms with Gasteiger partial charge in [-0.15, -0.1) is 0 Å². The molecule has 2 N–H and O–H groups in total. The predicted molar refractivity (Wildman–Crippen MR) is 94.2 cm³/mol. The number of aromatic nitrogens is 2. The van der Waals surface area contributed by atoms with Crippen LogP contribution in [0.25, 0.3) is 5.69 Å². The lowest BCUT2D eigenvalue weighted by atomic mass is 10.2. The number of aromatic hydroxyl groups is 1. The number of nitrogens with one attached hydrogen (secondary N) is 1. The summed E-state index contributed by atoms with van der Waals surface area (Å²) in [4.78, 5) is 12.2. The van der Waals surface area contributed by atoms with Gasteiger partial charge >= 0.3 is 0 Å². The third-order valence-electron chi connectivity index (χ3n) is 3.58. The molecular weight excluding hydrogens is 318 g/mol. The molecule has 25 heavy (non-hydrogen) atoms. The predicted octanol–water partition coefficient (Wildman–Crippen LogP) is 2.70. The number of hydrogen-bond acceptors (Lipinski definition) is 4. The second kappa shape index (κ2) is 7.53. The van der Waals surface area contributed by atoms with E-state index in [0.717, 1.165) is 17.0 Å². The Morgan fingerprint density at radius 1 is 1.20 bits per heavy atom. The number of carbonyl (C=O) groups is 1. The van der Waals surface area contributed by atoms with E-state index in [1.807, 2.05) is 61.5 Å². The second-order valence-electron chi connectivity index (χ2n) is 5.56. The zero-order valence-electron chi connectivity index (χ0n) is 13.8. The number of carbonyl (C=O) groups excluding carboxylic acids is 1. The molecule has 0 unspecified atom stereocenters. The summed E-state index contributed by atoms with van der Waals surface area (Å²) in [6.45, 7) is 2.63. The molecule has 0 atom stereocenters. The third kappa shape index (κ3) is 4.17. The van der Waals surface area contributed by atoms with Crippen molar-refractivity contribution in [2.45, 2.75) is 6.92 Å². The standard InChI is InChI=1S/C19H19N3O3/c1-14-6-5-9-16(12-14)25-11-10-20-19(24)18-17(23)13-22(21-18)15-7-3-2-4-8-15/h2-9,12-13,23H,10-11H2,1H3,(H,20,24). The van der Waals surface area contributed by atoms with Crippen molar-refractivity contribution in [1.29, 1.82) is 0 Å². The van der Waals surface area contributed by atoms with Crippen molar-refractivity contribution < 1.29 is 14.6 Å². The molecule has 0 fully saturated rings. The number of benzene rings is 2. The minimum absolute atomic E-state index is 0.0144. The topological polar surface area (TPSA) is 76.4 Å². The molecule has 2 aromatic carbocycles. The molecule has 0 saturated carbocycles. The van der Waals surface area contributed by atoms with Gasteiger partial charge < -0.3 is 15.2 Å². The SMILES string of the molecule is Cc1cccc(OCCNC(=O)c2nn(-c3ccccc3)cc2O)c1. The monoisotopic (exact) mass is 337 g/mol. The maximum Gasteiger partial charge on any atom is 0.275 e. The van der Waals surface area contributed by atoms with Gasteiger partial charge in [-0.05, 0) is 36.8 Å². The first-order valence-corrected chi connectivity index (χ1v) is 7.95. The molecule has 1 aromatic heterocycles. The Labute approximate surface area is 145 Å². The summed E-state index contributed by atoms with van der Waals surface area (Å²) < 4.78 is 7.04. The van der Waals surface area contributed by atoms with E-state index in [1.165, 1.54) is 10.9 Å². The molecule has 0 aliphatic heterocycles. The fourth-order valence-electron chi connectivity index (χ4n) is 2.36. The summed E-state index contributed by atoms with van der Waals surface area (Å²) >= 11 is 0. The maximum absolute atomic E-state index is 12.2. The van der Waals surface area contributed by atoms with Crippen LogP contribution in [0.15, 0.2) is 60.8 Å². The first kappa shape index (κ1) is 16.6. The number of nitrogens with zero attached hydrogens (tertiary/aromatic N) is 2. The highest BCUT2D eigenvalue weighted by Gasteiger charge is 2.16. The number of rotatable bonds is 6. The van der Waals surface area contributed by atoms with E-state index in [2.05, 4.69) is 10.4 Å². The van der Waals surface area contributed by atoms with Crippen LogP contribution in [0.1, 0.15) is 16.1 Å². The van der Waals surface area contributed by atoms with Gasteiger partial charge in [0.2, 0.25) is 0 Å². The van der Waals surface area contributed by atoms with Crippen LogP contribution in [0, 0.1) is 6.92 Å². The first-order valence-electron chi connectivity index (χ1n) is 7.95. The van der Waals surface area contributed by atoms with Gasteiger partial charge in [-0.2, -0.15) is 5.10 Å². The third-order valence-corrected chi connectivity index (χ3v) is 3.58. The van der Waals surface area contributed by atoms with Gasteiger partial charge in [0.05, 0.1) is 18.4 Å². The molecule has 128 valence electrons. The van der Waals surface area contributed by atoms with Gasteiger partial charge in [0.25, 0.3) is 5.91 Å². The Balaban J connectivity index is 1.56. The average molecular weight is 337 g/mol. The van der Waals surface area contributed by atoms with Gasteiger partial charge in [0.1, 0.15) is 12.4 Å². The number of aryl methyl sites for hydroxylation is 1. The van der Waals surface area contributed by atoms with Crippen molar-refractivity contribution in [3.8, 4) is 17.2 Å². The van der Waals surface area contributed by atoms with Crippen molar-refractivity contribution in [1.82, 2.24) is 15.1 Å². The normalized spacial score (nSPS) is 10.4. The minimum Gasteiger partial charge on any atom is -0.504 e. The summed E-state index contributed by atoms with van der Waals surface area (Å²) in [6, 6.07) is 17.0. The van der Waals surface area contributed by atoms with E-state index in [1.54, 1.807) is 0 Å². The molecule has 6 heteroatoms. The van der Waals surface area contributed by atoms with Gasteiger partial charge in [-0.1, -0.05) is 30.3 Å². The molecule has 3 aromatic rings. The zero-order chi connectivity index (χ0) is 17.6. The molecule has 0 spiro atoms. The minimum atomic E-state index is -0.444. The fraction of sp³-hybridized carbons (Fsp3) is 0.158. The summed E-state index contributed by atoms with van der Waals surface area (Å²) in [5.41, 5.74) is 1.86. The lowest BCUT2D eigenvalue weighted by Crippen LogP contribution is -2.28. The van der Waals surface area contributed by atoms with Crippen LogP contribution in [0.3, 0.4) is 0 Å². The van der Waals surface area contributed by atoms with Crippen molar-refractivity contribution in [2.24, 2.45) is 0 Å². The molecule has 1 amide bonds. The van der Waals surface area contributed by atoms with E-state index in [4.69, 9.17) is 4.74 Å². The summed E-state index contributed by atoms with van der Waals surface area (Å²) in [7, 11) is 0. The molecule has 6 nitrogen and oxygen atoms in total. The molecule has 3 rings (SSSR count). The van der Waals surface area contributed by atoms with E-state index in [9.17, 15) is 9.90 Å². The van der Waals surface area contributed by atoms with Gasteiger partial charge in [0.15, 0.2) is 11.4 Å². The summed E-state index contributed by atoms with van der Waals surface area (Å²) in [6.07, 6.45) is 1.41. The molecule has 0 aliphatic carbocycles. The van der Waals surface area contributed by atoms with Crippen LogP contribution in [-0.4, -0.2) is 33.9 Å². The Hall–Kier alpha value is -3.28. The number of ether oxygens (including phenoxy) is 1. The quantitative estimate of drug-likeness (QED) is 0.678. The van der Waals surface area contributed by atoms with Crippen molar-refractivity contribution in [2.75, 3.05) is 13.2 Å². The summed E-state index contributed by atoms with van der Waals surface area (Å²) in [5.74, 6) is 0.145. The number of hydrogen-bond donors (Lipinski definition) is 2. The van der Waals surface area contributed by atoms with E-state index >= 15 is 0 Å². The highest BCUT2D eigenvalue weighted by molar-refractivity contribution is 5.94. The average Bonchev–Trinajstić information content (AvgIpc) is 3.01. The van der Waals surface area contributed by atoms with Gasteiger partial charge in [-0.3, -0.25) is 4.79 Å². The van der Waals surface area contributed by atoms with E-state index in [-0.39, 0.29) is 11.4 Å². The lowest BCUT2D eigenvalue weighted by Gasteiger charge is -2.07. The molecule has 1 heterocycles. The Morgan fingerprint density at radius 2 is 2.00 bits per heavy atom. The Morgan fingerprint density at radius 3 is 2.76 bits per heavy atom. The smallest absolute Gasteiger partial charge is 0.275 e. The largest absolute Gasteiger partial charge is 0.504 e. The van der Waals surface area contributed by atoms with Crippen LogP contribution < -0.4 is 10.1 Å².